The van der Waals surface area contributed by atoms with Crippen molar-refractivity contribution in [2.75, 3.05) is 24.2 Å². The van der Waals surface area contributed by atoms with Crippen LogP contribution >= 0.6 is 23.1 Å². The van der Waals surface area contributed by atoms with Crippen LogP contribution in [-0.4, -0.2) is 46.9 Å². The highest BCUT2D eigenvalue weighted by molar-refractivity contribution is 7.99. The first-order chi connectivity index (χ1) is 13.8. The van der Waals surface area contributed by atoms with Gasteiger partial charge < -0.3 is 15.0 Å². The molecule has 0 aliphatic carbocycles. The molecule has 0 spiro atoms. The molecule has 156 valence electrons. The third kappa shape index (κ3) is 4.53. The predicted molar refractivity (Wildman–Crippen MR) is 105 cm³/mol. The number of rotatable bonds is 6. The van der Waals surface area contributed by atoms with Gasteiger partial charge in [0.1, 0.15) is 5.00 Å². The van der Waals surface area contributed by atoms with E-state index in [0.29, 0.717) is 30.1 Å². The van der Waals surface area contributed by atoms with Gasteiger partial charge in [-0.3, -0.25) is 14.1 Å². The Morgan fingerprint density at radius 1 is 1.41 bits per heavy atom. The summed E-state index contributed by atoms with van der Waals surface area (Å²) in [5.74, 6) is -0.951. The van der Waals surface area contributed by atoms with E-state index in [4.69, 9.17) is 4.74 Å². The molecule has 2 amide bonds. The van der Waals surface area contributed by atoms with Crippen LogP contribution in [0.2, 0.25) is 0 Å². The molecule has 0 bridgehead atoms. The Kier molecular flexibility index (Phi) is 6.42. The van der Waals surface area contributed by atoms with E-state index in [1.54, 1.807) is 18.9 Å². The molecule has 2 aromatic rings. The number of ether oxygens (including phenoxy) is 1. The van der Waals surface area contributed by atoms with E-state index < -0.39 is 11.6 Å². The fourth-order valence-electron chi connectivity index (χ4n) is 2.96. The van der Waals surface area contributed by atoms with Gasteiger partial charge in [0.05, 0.1) is 24.5 Å². The Balaban J connectivity index is 1.80. The first-order valence-corrected chi connectivity index (χ1v) is 10.7. The maximum atomic E-state index is 12.5. The van der Waals surface area contributed by atoms with Gasteiger partial charge in [0.25, 0.3) is 0 Å². The molecular weight excluding hydrogens is 420 g/mol. The Labute approximate surface area is 174 Å². The van der Waals surface area contributed by atoms with Gasteiger partial charge in [0, 0.05) is 18.3 Å². The summed E-state index contributed by atoms with van der Waals surface area (Å²) < 4.78 is 11.2. The van der Waals surface area contributed by atoms with Gasteiger partial charge in [-0.1, -0.05) is 4.68 Å². The molecule has 0 radical (unpaired) electrons. The summed E-state index contributed by atoms with van der Waals surface area (Å²) >= 11 is 2.29. The number of aromatic amines is 1. The molecule has 0 aromatic carbocycles. The van der Waals surface area contributed by atoms with Crippen molar-refractivity contribution in [1.29, 1.82) is 0 Å². The van der Waals surface area contributed by atoms with Crippen LogP contribution in [0.5, 0.6) is 0 Å². The van der Waals surface area contributed by atoms with Crippen LogP contribution < -0.4 is 15.6 Å². The summed E-state index contributed by atoms with van der Waals surface area (Å²) in [6.45, 7) is 4.33. The lowest BCUT2D eigenvalue weighted by Crippen LogP contribution is -2.34. The zero-order valence-electron chi connectivity index (χ0n) is 16.2. The number of thiophene rings is 1. The molecule has 2 aromatic heterocycles. The molecule has 1 aliphatic rings. The number of carbonyl (C=O) groups is 3. The number of fused-ring (bicyclic) bond motifs is 1. The molecule has 0 saturated heterocycles. The molecule has 10 nitrogen and oxygen atoms in total. The number of H-pyrrole nitrogens is 1. The number of thioether (sulfide) groups is 1. The van der Waals surface area contributed by atoms with Gasteiger partial charge in [-0.05, 0) is 35.9 Å². The standard InChI is InChI=1S/C17H20N4O6S2/c1-4-26-16(24)13-10-5-6-21(9(2)22)7-11(10)29-14(13)18-12(23)8-28-15-17(25)27-19-20(15)3/h4-8H2,1-3H3,(H-,18,19,23,24,25)/p+1. The highest BCUT2D eigenvalue weighted by Crippen LogP contribution is 2.37. The second kappa shape index (κ2) is 8.82. The number of carbonyl (C=O) groups excluding carboxylic acids is 3. The van der Waals surface area contributed by atoms with E-state index in [1.165, 1.54) is 22.9 Å². The minimum atomic E-state index is -0.562. The quantitative estimate of drug-likeness (QED) is 0.383. The fourth-order valence-corrected chi connectivity index (χ4v) is 4.96. The fraction of sp³-hybridized carbons (Fsp3) is 0.471. The number of aryl methyl sites for hydroxylation is 1. The lowest BCUT2D eigenvalue weighted by atomic mass is 10.0. The maximum Gasteiger partial charge on any atom is 0.441 e. The Bertz CT molecular complexity index is 1010. The van der Waals surface area contributed by atoms with Crippen molar-refractivity contribution < 1.29 is 28.3 Å². The predicted octanol–water partition coefficient (Wildman–Crippen LogP) is 0.666. The van der Waals surface area contributed by atoms with E-state index in [9.17, 15) is 19.2 Å². The molecular formula is C17H21N4O6S2+. The van der Waals surface area contributed by atoms with Gasteiger partial charge in [0.15, 0.2) is 7.05 Å². The molecule has 0 atom stereocenters. The maximum absolute atomic E-state index is 12.5. The van der Waals surface area contributed by atoms with Crippen molar-refractivity contribution in [2.24, 2.45) is 7.05 Å². The minimum absolute atomic E-state index is 0.0399. The largest absolute Gasteiger partial charge is 0.462 e. The summed E-state index contributed by atoms with van der Waals surface area (Å²) in [4.78, 5) is 50.8. The van der Waals surface area contributed by atoms with Crippen LogP contribution in [-0.2, 0) is 34.3 Å². The summed E-state index contributed by atoms with van der Waals surface area (Å²) in [5, 5.41) is 5.79. The number of nitrogens with zero attached hydrogens (tertiary/aromatic N) is 2. The second-order valence-corrected chi connectivity index (χ2v) is 8.37. The molecule has 3 heterocycles. The van der Waals surface area contributed by atoms with Gasteiger partial charge in [-0.15, -0.1) is 11.3 Å². The summed E-state index contributed by atoms with van der Waals surface area (Å²) in [5.41, 5.74) is 0.597. The Hall–Kier alpha value is -2.60. The van der Waals surface area contributed by atoms with Crippen LogP contribution in [0.3, 0.4) is 0 Å². The van der Waals surface area contributed by atoms with Crippen LogP contribution in [0.25, 0.3) is 0 Å². The van der Waals surface area contributed by atoms with Crippen molar-refractivity contribution in [2.45, 2.75) is 31.8 Å². The number of anilines is 1. The number of amides is 2. The van der Waals surface area contributed by atoms with Gasteiger partial charge in [-0.2, -0.15) is 0 Å². The second-order valence-electron chi connectivity index (χ2n) is 6.30. The monoisotopic (exact) mass is 441 g/mol. The highest BCUT2D eigenvalue weighted by Gasteiger charge is 2.30. The Morgan fingerprint density at radius 2 is 2.17 bits per heavy atom. The third-order valence-corrected chi connectivity index (χ3v) is 6.58. The number of esters is 1. The van der Waals surface area contributed by atoms with Gasteiger partial charge >= 0.3 is 16.6 Å². The summed E-state index contributed by atoms with van der Waals surface area (Å²) in [6.07, 6.45) is 0.518. The topological polar surface area (TPSA) is 126 Å². The summed E-state index contributed by atoms with van der Waals surface area (Å²) in [7, 11) is 1.60. The molecule has 29 heavy (non-hydrogen) atoms. The average molecular weight is 442 g/mol. The molecule has 1 aliphatic heterocycles. The Morgan fingerprint density at radius 3 is 2.79 bits per heavy atom. The van der Waals surface area contributed by atoms with Crippen LogP contribution in [0, 0.1) is 0 Å². The van der Waals surface area contributed by atoms with E-state index >= 15 is 0 Å². The SMILES string of the molecule is CCOC(=O)c1c(NC(=O)CSc2c(=O)o[nH][n+]2C)sc2c1CCN(C(C)=O)C2. The van der Waals surface area contributed by atoms with Crippen molar-refractivity contribution in [3.63, 3.8) is 0 Å². The number of aromatic nitrogens is 2. The van der Waals surface area contributed by atoms with Gasteiger partial charge in [0.2, 0.25) is 11.8 Å². The average Bonchev–Trinajstić information content (AvgIpc) is 3.18. The lowest BCUT2D eigenvalue weighted by Gasteiger charge is -2.25. The van der Waals surface area contributed by atoms with Crippen LogP contribution in [0.1, 0.15) is 34.6 Å². The van der Waals surface area contributed by atoms with E-state index in [2.05, 4.69) is 15.1 Å². The first-order valence-electron chi connectivity index (χ1n) is 8.89. The lowest BCUT2D eigenvalue weighted by molar-refractivity contribution is -0.772. The minimum Gasteiger partial charge on any atom is -0.462 e. The normalized spacial score (nSPS) is 13.1. The summed E-state index contributed by atoms with van der Waals surface area (Å²) in [6, 6.07) is 0. The molecule has 0 fully saturated rings. The van der Waals surface area contributed by atoms with Crippen LogP contribution in [0.15, 0.2) is 14.3 Å². The van der Waals surface area contributed by atoms with Crippen molar-refractivity contribution >= 4 is 45.9 Å². The van der Waals surface area contributed by atoms with E-state index in [1.807, 2.05) is 0 Å². The number of nitrogens with one attached hydrogen (secondary N) is 2. The van der Waals surface area contributed by atoms with E-state index in [-0.39, 0.29) is 29.2 Å². The number of hydrogen-bond donors (Lipinski definition) is 2. The smallest absolute Gasteiger partial charge is 0.441 e. The molecule has 2 N–H and O–H groups in total. The molecule has 3 rings (SSSR count). The zero-order chi connectivity index (χ0) is 21.1. The number of hydrogen-bond acceptors (Lipinski definition) is 8. The zero-order valence-corrected chi connectivity index (χ0v) is 17.8. The van der Waals surface area contributed by atoms with Crippen molar-refractivity contribution in [3.8, 4) is 0 Å². The molecule has 12 heteroatoms. The molecule has 0 unspecified atom stereocenters. The van der Waals surface area contributed by atoms with Gasteiger partial charge in [-0.25, -0.2) is 9.59 Å². The highest BCUT2D eigenvalue weighted by atomic mass is 32.2. The van der Waals surface area contributed by atoms with E-state index in [0.717, 1.165) is 22.2 Å². The van der Waals surface area contributed by atoms with Crippen molar-refractivity contribution in [3.05, 3.63) is 26.4 Å². The molecule has 0 saturated carbocycles. The van der Waals surface area contributed by atoms with Crippen LogP contribution in [0.4, 0.5) is 5.00 Å². The third-order valence-electron chi connectivity index (χ3n) is 4.33. The first kappa shape index (κ1) is 21.1. The van der Waals surface area contributed by atoms with Crippen molar-refractivity contribution in [1.82, 2.24) is 10.2 Å².